The summed E-state index contributed by atoms with van der Waals surface area (Å²) in [6.07, 6.45) is 5.17. The third-order valence-electron chi connectivity index (χ3n) is 10.6. The van der Waals surface area contributed by atoms with Gasteiger partial charge in [0.25, 0.3) is 0 Å². The molecule has 3 aromatic carbocycles. The van der Waals surface area contributed by atoms with Gasteiger partial charge in [-0.1, -0.05) is 0 Å². The molecule has 4 heteroatoms. The molecule has 3 aromatic rings. The van der Waals surface area contributed by atoms with Gasteiger partial charge in [-0.05, 0) is 0 Å². The van der Waals surface area contributed by atoms with Crippen LogP contribution in [-0.2, 0) is 14.0 Å². The van der Waals surface area contributed by atoms with Crippen LogP contribution >= 0.6 is 24.8 Å². The molecule has 43 heavy (non-hydrogen) atoms. The second kappa shape index (κ2) is 12.8. The second-order valence-corrected chi connectivity index (χ2v) is 32.5. The molecule has 0 radical (unpaired) electrons. The molecule has 232 valence electrons. The number of fused-ring (bicyclic) bond motifs is 2. The van der Waals surface area contributed by atoms with Gasteiger partial charge in [0.2, 0.25) is 0 Å². The van der Waals surface area contributed by atoms with Crippen molar-refractivity contribution in [1.82, 2.24) is 0 Å². The Morgan fingerprint density at radius 1 is 0.581 bits per heavy atom. The first-order chi connectivity index (χ1) is 19.2. The summed E-state index contributed by atoms with van der Waals surface area (Å²) in [7, 11) is 2.47. The molecule has 0 saturated heterocycles. The molecule has 0 nitrogen and oxygen atoms in total. The second-order valence-electron chi connectivity index (χ2n) is 15.1. The smallest absolute Gasteiger partial charge is 0.147 e. The third kappa shape index (κ3) is 5.76. The maximum Gasteiger partial charge on any atom is -0.147 e. The number of allylic oxidation sites excluding steroid dienone is 2. The standard InChI is InChI=1S/2C16H21.C6H5.CH3.2ClH.H2Si.Ti/c2*1-10(2)13-8-14-6-12(5)7-16(14)15(9-13)11(3)4;1-2-4-6-5-3-1;;;;;/h2*6-11H,1-5H3;1-5H;1H3;2*1H;1H2;. The van der Waals surface area contributed by atoms with E-state index in [1.165, 1.54) is 33.4 Å². The quantitative estimate of drug-likeness (QED) is 0.220. The summed E-state index contributed by atoms with van der Waals surface area (Å²) >= 11 is -3.75. The van der Waals surface area contributed by atoms with E-state index >= 15 is 0 Å². The predicted molar refractivity (Wildman–Crippen MR) is 197 cm³/mol. The van der Waals surface area contributed by atoms with E-state index in [4.69, 9.17) is 0 Å². The summed E-state index contributed by atoms with van der Waals surface area (Å²) in [5.74, 6) is 2.04. The monoisotopic (exact) mass is 668 g/mol. The van der Waals surface area contributed by atoms with Gasteiger partial charge in [0, 0.05) is 0 Å². The van der Waals surface area contributed by atoms with Crippen molar-refractivity contribution in [2.45, 2.75) is 107 Å². The summed E-state index contributed by atoms with van der Waals surface area (Å²) in [5, 5.41) is 2.80. The number of benzene rings is 3. The number of hydrogen-bond acceptors (Lipinski definition) is 0. The van der Waals surface area contributed by atoms with Gasteiger partial charge < -0.3 is 0 Å². The summed E-state index contributed by atoms with van der Waals surface area (Å²) in [4.78, 5) is 0. The van der Waals surface area contributed by atoms with E-state index in [2.05, 4.69) is 149 Å². The van der Waals surface area contributed by atoms with Crippen molar-refractivity contribution >= 4 is 48.5 Å². The van der Waals surface area contributed by atoms with Crippen molar-refractivity contribution in [2.75, 3.05) is 0 Å². The van der Waals surface area contributed by atoms with Crippen LogP contribution < -0.4 is 3.87 Å². The van der Waals surface area contributed by atoms with Crippen molar-refractivity contribution in [3.05, 3.63) is 110 Å². The zero-order chi connectivity index (χ0) is 30.0. The Labute approximate surface area is 277 Å². The molecule has 0 aromatic heterocycles. The van der Waals surface area contributed by atoms with E-state index in [1.807, 2.05) is 0 Å². The van der Waals surface area contributed by atoms with Crippen LogP contribution in [0.2, 0.25) is 5.23 Å². The van der Waals surface area contributed by atoms with Crippen LogP contribution in [0.15, 0.2) is 65.7 Å². The van der Waals surface area contributed by atoms with Gasteiger partial charge in [0.1, 0.15) is 0 Å². The molecular formula is C39H54Cl2SiTi. The first-order valence-electron chi connectivity index (χ1n) is 16.0. The summed E-state index contributed by atoms with van der Waals surface area (Å²) in [6, 6.07) is 22.0. The topological polar surface area (TPSA) is 0 Å². The van der Waals surface area contributed by atoms with E-state index in [0.717, 1.165) is 0 Å². The molecule has 0 bridgehead atoms. The Morgan fingerprint density at radius 2 is 0.953 bits per heavy atom. The van der Waals surface area contributed by atoms with E-state index in [0.29, 0.717) is 32.1 Å². The van der Waals surface area contributed by atoms with Gasteiger partial charge in [0.05, 0.1) is 0 Å². The third-order valence-corrected chi connectivity index (χ3v) is 26.2. The Balaban J connectivity index is 0.00000253. The molecule has 0 N–H and O–H groups in total. The van der Waals surface area contributed by atoms with Crippen LogP contribution in [0.25, 0.3) is 12.2 Å². The number of hydrogen-bond donors (Lipinski definition) is 0. The SMILES string of the molecule is CC1=Cc2c(C(C)C)cc(C(C)C)cc2[CH]1[Ti]([CH3])(=[SiH2])([c]1ccccc1)[CH]1C(C)=Cc2c(C(C)C)cc(C(C)C)cc21.Cl.Cl. The molecule has 2 aliphatic rings. The van der Waals surface area contributed by atoms with Gasteiger partial charge in [-0.2, -0.15) is 0 Å². The van der Waals surface area contributed by atoms with E-state index in [9.17, 15) is 0 Å². The summed E-state index contributed by atoms with van der Waals surface area (Å²) in [6.45, 7) is 23.8. The average molecular weight is 670 g/mol. The van der Waals surface area contributed by atoms with Gasteiger partial charge in [-0.25, -0.2) is 0 Å². The van der Waals surface area contributed by atoms with Crippen LogP contribution in [0, 0.1) is 0 Å². The minimum atomic E-state index is -3.75. The molecule has 0 fully saturated rings. The molecule has 5 rings (SSSR count). The Hall–Kier alpha value is -1.35. The molecule has 0 heterocycles. The fourth-order valence-electron chi connectivity index (χ4n) is 8.54. The fourth-order valence-corrected chi connectivity index (χ4v) is 25.0. The zero-order valence-corrected chi connectivity index (χ0v) is 32.9. The molecule has 0 aliphatic heterocycles. The van der Waals surface area contributed by atoms with Gasteiger partial charge in [-0.3, -0.25) is 0 Å². The van der Waals surface area contributed by atoms with Crippen molar-refractivity contribution in [1.29, 1.82) is 0 Å². The maximum absolute atomic E-state index is 3.75. The largest absolute Gasteiger partial charge is 0.147 e. The summed E-state index contributed by atoms with van der Waals surface area (Å²) < 4.78 is 2.55. The predicted octanol–water partition coefficient (Wildman–Crippen LogP) is 11.3. The van der Waals surface area contributed by atoms with Gasteiger partial charge in [0.15, 0.2) is 0 Å². The average Bonchev–Trinajstić information content (AvgIpc) is 3.43. The number of halogens is 2. The van der Waals surface area contributed by atoms with Gasteiger partial charge >= 0.3 is 255 Å². The van der Waals surface area contributed by atoms with Crippen LogP contribution in [0.3, 0.4) is 0 Å². The molecule has 2 unspecified atom stereocenters. The zero-order valence-electron chi connectivity index (χ0n) is 28.3. The molecular weight excluding hydrogens is 615 g/mol. The van der Waals surface area contributed by atoms with Crippen LogP contribution in [0.4, 0.5) is 0 Å². The van der Waals surface area contributed by atoms with E-state index in [-0.39, 0.29) is 24.8 Å². The fraction of sp³-hybridized carbons (Fsp3) is 0.436. The maximum atomic E-state index is 2.80. The van der Waals surface area contributed by atoms with Gasteiger partial charge in [-0.15, -0.1) is 24.8 Å². The Bertz CT molecular complexity index is 1540. The Morgan fingerprint density at radius 3 is 1.28 bits per heavy atom. The molecule has 0 saturated carbocycles. The number of rotatable bonds is 7. The molecule has 0 amide bonds. The van der Waals surface area contributed by atoms with Crippen LogP contribution in [-0.4, -0.2) is 7.63 Å². The summed E-state index contributed by atoms with van der Waals surface area (Å²) in [5.41, 5.74) is 15.5. The van der Waals surface area contributed by atoms with Crippen molar-refractivity contribution in [3.63, 3.8) is 0 Å². The van der Waals surface area contributed by atoms with Crippen molar-refractivity contribution < 1.29 is 14.0 Å². The minimum absolute atomic E-state index is 0. The normalized spacial score (nSPS) is 18.0. The Kier molecular flexibility index (Phi) is 10.8. The van der Waals surface area contributed by atoms with E-state index < -0.39 is 14.0 Å². The van der Waals surface area contributed by atoms with Crippen LogP contribution in [0.1, 0.15) is 146 Å². The van der Waals surface area contributed by atoms with Crippen molar-refractivity contribution in [3.8, 4) is 0 Å². The first kappa shape index (κ1) is 36.1. The first-order valence-corrected chi connectivity index (χ1v) is 24.1. The molecule has 0 spiro atoms. The van der Waals surface area contributed by atoms with Crippen LogP contribution in [0.5, 0.6) is 0 Å². The minimum Gasteiger partial charge on any atom is -0.147 e. The van der Waals surface area contributed by atoms with Crippen molar-refractivity contribution in [2.24, 2.45) is 0 Å². The van der Waals surface area contributed by atoms with E-state index in [1.54, 1.807) is 26.1 Å². The molecule has 2 atom stereocenters. The molecule has 2 aliphatic carbocycles.